The van der Waals surface area contributed by atoms with Crippen molar-refractivity contribution in [3.05, 3.63) is 53.9 Å². The van der Waals surface area contributed by atoms with E-state index in [4.69, 9.17) is 10.1 Å². The molecule has 0 amide bonds. The molecule has 0 radical (unpaired) electrons. The van der Waals surface area contributed by atoms with Crippen LogP contribution in [0, 0.1) is 6.92 Å². The Bertz CT molecular complexity index is 767. The number of rotatable bonds is 5. The van der Waals surface area contributed by atoms with E-state index in [2.05, 4.69) is 43.9 Å². The standard InChI is InChI=1S/C18H22N4.2ClH/c1-4-21(5-2)12-16-13-22-18(19-16)14(3)11-17(20-22)15-9-7-6-8-10-15;;/h6-11,13H,4-5,12H2,1-3H3;2*1H. The first-order valence-electron chi connectivity index (χ1n) is 7.85. The zero-order valence-corrected chi connectivity index (χ0v) is 15.9. The zero-order valence-electron chi connectivity index (χ0n) is 14.3. The summed E-state index contributed by atoms with van der Waals surface area (Å²) >= 11 is 0. The Balaban J connectivity index is 0.00000144. The predicted molar refractivity (Wildman–Crippen MR) is 104 cm³/mol. The Hall–Kier alpha value is -1.62. The molecule has 0 bridgehead atoms. The van der Waals surface area contributed by atoms with Crippen LogP contribution in [0.4, 0.5) is 0 Å². The van der Waals surface area contributed by atoms with E-state index in [1.165, 1.54) is 0 Å². The molecule has 0 atom stereocenters. The van der Waals surface area contributed by atoms with Gasteiger partial charge in [-0.2, -0.15) is 5.10 Å². The lowest BCUT2D eigenvalue weighted by molar-refractivity contribution is 0.293. The van der Waals surface area contributed by atoms with Gasteiger partial charge in [-0.25, -0.2) is 9.50 Å². The van der Waals surface area contributed by atoms with Crippen molar-refractivity contribution < 1.29 is 0 Å². The first-order chi connectivity index (χ1) is 10.7. The summed E-state index contributed by atoms with van der Waals surface area (Å²) < 4.78 is 1.91. The first kappa shape index (κ1) is 20.4. The smallest absolute Gasteiger partial charge is 0.156 e. The van der Waals surface area contributed by atoms with E-state index >= 15 is 0 Å². The summed E-state index contributed by atoms with van der Waals surface area (Å²) in [6.45, 7) is 9.39. The van der Waals surface area contributed by atoms with Gasteiger partial charge in [0.15, 0.2) is 5.65 Å². The van der Waals surface area contributed by atoms with Gasteiger partial charge in [0.1, 0.15) is 0 Å². The Kier molecular flexibility index (Phi) is 7.67. The monoisotopic (exact) mass is 366 g/mol. The lowest BCUT2D eigenvalue weighted by Gasteiger charge is -2.15. The molecule has 0 aliphatic rings. The largest absolute Gasteiger partial charge is 0.298 e. The lowest BCUT2D eigenvalue weighted by atomic mass is 10.1. The molecule has 130 valence electrons. The van der Waals surface area contributed by atoms with E-state index < -0.39 is 0 Å². The summed E-state index contributed by atoms with van der Waals surface area (Å²) in [5.41, 5.74) is 5.29. The fourth-order valence-electron chi connectivity index (χ4n) is 2.68. The van der Waals surface area contributed by atoms with Crippen LogP contribution in [0.1, 0.15) is 25.1 Å². The second-order valence-corrected chi connectivity index (χ2v) is 5.54. The minimum atomic E-state index is 0. The number of nitrogens with zero attached hydrogens (tertiary/aromatic N) is 4. The van der Waals surface area contributed by atoms with Crippen LogP contribution in [0.3, 0.4) is 0 Å². The highest BCUT2D eigenvalue weighted by Gasteiger charge is 2.10. The second-order valence-electron chi connectivity index (χ2n) is 5.54. The molecule has 3 aromatic rings. The SMILES string of the molecule is CCN(CC)Cc1cn2nc(-c3ccccc3)cc(C)c2n1.Cl.Cl. The molecule has 1 aromatic carbocycles. The molecular weight excluding hydrogens is 343 g/mol. The summed E-state index contributed by atoms with van der Waals surface area (Å²) in [6, 6.07) is 12.4. The Morgan fingerprint density at radius 2 is 1.71 bits per heavy atom. The average Bonchev–Trinajstić information content (AvgIpc) is 2.96. The van der Waals surface area contributed by atoms with Crippen molar-refractivity contribution in [3.8, 4) is 11.3 Å². The van der Waals surface area contributed by atoms with E-state index in [0.29, 0.717) is 0 Å². The maximum atomic E-state index is 4.74. The molecular formula is C18H24Cl2N4. The number of hydrogen-bond acceptors (Lipinski definition) is 3. The summed E-state index contributed by atoms with van der Waals surface area (Å²) in [4.78, 5) is 7.10. The van der Waals surface area contributed by atoms with Gasteiger partial charge in [0, 0.05) is 12.1 Å². The molecule has 0 fully saturated rings. The van der Waals surface area contributed by atoms with Crippen LogP contribution in [0.5, 0.6) is 0 Å². The van der Waals surface area contributed by atoms with E-state index in [-0.39, 0.29) is 24.8 Å². The second kappa shape index (κ2) is 9.02. The van der Waals surface area contributed by atoms with E-state index in [1.807, 2.05) is 28.9 Å². The van der Waals surface area contributed by atoms with E-state index in [9.17, 15) is 0 Å². The third kappa shape index (κ3) is 4.26. The summed E-state index contributed by atoms with van der Waals surface area (Å²) in [5, 5.41) is 4.72. The minimum Gasteiger partial charge on any atom is -0.298 e. The number of aromatic nitrogens is 3. The maximum absolute atomic E-state index is 4.74. The molecule has 0 aliphatic heterocycles. The van der Waals surface area contributed by atoms with Gasteiger partial charge in [0.25, 0.3) is 0 Å². The van der Waals surface area contributed by atoms with Gasteiger partial charge >= 0.3 is 0 Å². The van der Waals surface area contributed by atoms with Crippen molar-refractivity contribution in [1.82, 2.24) is 19.5 Å². The van der Waals surface area contributed by atoms with Crippen LogP contribution in [0.15, 0.2) is 42.6 Å². The van der Waals surface area contributed by atoms with Gasteiger partial charge in [-0.15, -0.1) is 24.8 Å². The highest BCUT2D eigenvalue weighted by molar-refractivity contribution is 5.85. The molecule has 0 saturated carbocycles. The number of hydrogen-bond donors (Lipinski definition) is 0. The van der Waals surface area contributed by atoms with E-state index in [1.54, 1.807) is 0 Å². The van der Waals surface area contributed by atoms with Crippen LogP contribution in [0.25, 0.3) is 16.9 Å². The fraction of sp³-hybridized carbons (Fsp3) is 0.333. The van der Waals surface area contributed by atoms with Crippen molar-refractivity contribution in [2.45, 2.75) is 27.3 Å². The van der Waals surface area contributed by atoms with Crippen LogP contribution in [-0.4, -0.2) is 32.6 Å². The van der Waals surface area contributed by atoms with Gasteiger partial charge in [-0.05, 0) is 31.6 Å². The van der Waals surface area contributed by atoms with Gasteiger partial charge < -0.3 is 0 Å². The summed E-state index contributed by atoms with van der Waals surface area (Å²) in [5.74, 6) is 0. The highest BCUT2D eigenvalue weighted by atomic mass is 35.5. The minimum absolute atomic E-state index is 0. The summed E-state index contributed by atoms with van der Waals surface area (Å²) in [7, 11) is 0. The Labute approximate surface area is 155 Å². The van der Waals surface area contributed by atoms with Crippen molar-refractivity contribution in [3.63, 3.8) is 0 Å². The zero-order chi connectivity index (χ0) is 15.5. The van der Waals surface area contributed by atoms with Crippen LogP contribution in [0.2, 0.25) is 0 Å². The third-order valence-electron chi connectivity index (χ3n) is 4.01. The van der Waals surface area contributed by atoms with Gasteiger partial charge in [0.05, 0.1) is 17.6 Å². The van der Waals surface area contributed by atoms with Crippen molar-refractivity contribution >= 4 is 30.5 Å². The Morgan fingerprint density at radius 3 is 2.33 bits per heavy atom. The molecule has 4 nitrogen and oxygen atoms in total. The first-order valence-corrected chi connectivity index (χ1v) is 7.85. The predicted octanol–water partition coefficient (Wildman–Crippen LogP) is 4.39. The van der Waals surface area contributed by atoms with Crippen LogP contribution >= 0.6 is 24.8 Å². The number of imidazole rings is 1. The van der Waals surface area contributed by atoms with Crippen molar-refractivity contribution in [2.24, 2.45) is 0 Å². The Morgan fingerprint density at radius 1 is 1.04 bits per heavy atom. The molecule has 0 unspecified atom stereocenters. The number of fused-ring (bicyclic) bond motifs is 1. The highest BCUT2D eigenvalue weighted by Crippen LogP contribution is 2.20. The molecule has 24 heavy (non-hydrogen) atoms. The van der Waals surface area contributed by atoms with Gasteiger partial charge in [-0.1, -0.05) is 44.2 Å². The maximum Gasteiger partial charge on any atom is 0.156 e. The lowest BCUT2D eigenvalue weighted by Crippen LogP contribution is -2.22. The number of halogens is 2. The topological polar surface area (TPSA) is 33.4 Å². The molecule has 6 heteroatoms. The van der Waals surface area contributed by atoms with Crippen LogP contribution < -0.4 is 0 Å². The summed E-state index contributed by atoms with van der Waals surface area (Å²) in [6.07, 6.45) is 2.05. The average molecular weight is 367 g/mol. The van der Waals surface area contributed by atoms with Gasteiger partial charge in [0.2, 0.25) is 0 Å². The fourth-order valence-corrected chi connectivity index (χ4v) is 2.68. The molecule has 3 rings (SSSR count). The number of benzene rings is 1. The van der Waals surface area contributed by atoms with Crippen molar-refractivity contribution in [2.75, 3.05) is 13.1 Å². The molecule has 2 aromatic heterocycles. The van der Waals surface area contributed by atoms with Crippen LogP contribution in [-0.2, 0) is 6.54 Å². The van der Waals surface area contributed by atoms with Gasteiger partial charge in [-0.3, -0.25) is 4.90 Å². The third-order valence-corrected chi connectivity index (χ3v) is 4.01. The molecule has 0 aliphatic carbocycles. The normalized spacial score (nSPS) is 10.5. The quantitative estimate of drug-likeness (QED) is 0.671. The number of aryl methyl sites for hydroxylation is 1. The van der Waals surface area contributed by atoms with E-state index in [0.717, 1.165) is 47.8 Å². The molecule has 0 N–H and O–H groups in total. The van der Waals surface area contributed by atoms with Crippen molar-refractivity contribution in [1.29, 1.82) is 0 Å². The molecule has 0 saturated heterocycles. The molecule has 0 spiro atoms. The molecule has 2 heterocycles.